The quantitative estimate of drug-likeness (QED) is 0.772. The first-order valence-electron chi connectivity index (χ1n) is 6.50. The summed E-state index contributed by atoms with van der Waals surface area (Å²) >= 11 is 0. The Morgan fingerprint density at radius 3 is 2.80 bits per heavy atom. The van der Waals surface area contributed by atoms with Crippen molar-refractivity contribution in [3.05, 3.63) is 29.6 Å². The van der Waals surface area contributed by atoms with Crippen molar-refractivity contribution >= 4 is 11.9 Å². The number of aromatic nitrogens is 1. The summed E-state index contributed by atoms with van der Waals surface area (Å²) in [5.74, 6) is -0.621. The molecule has 6 nitrogen and oxygen atoms in total. The minimum absolute atomic E-state index is 0.0919. The molecule has 1 amide bonds. The van der Waals surface area contributed by atoms with Crippen molar-refractivity contribution in [2.24, 2.45) is 0 Å². The lowest BCUT2D eigenvalue weighted by Crippen LogP contribution is -2.38. The average molecular weight is 278 g/mol. The van der Waals surface area contributed by atoms with E-state index in [4.69, 9.17) is 4.74 Å². The van der Waals surface area contributed by atoms with Gasteiger partial charge in [0.25, 0.3) is 5.91 Å². The summed E-state index contributed by atoms with van der Waals surface area (Å²) in [6, 6.07) is 1.61. The van der Waals surface area contributed by atoms with Crippen LogP contribution in [0.5, 0.6) is 0 Å². The summed E-state index contributed by atoms with van der Waals surface area (Å²) in [6.45, 7) is 1.23. The van der Waals surface area contributed by atoms with Crippen LogP contribution < -0.4 is 0 Å². The van der Waals surface area contributed by atoms with Crippen molar-refractivity contribution in [1.29, 1.82) is 0 Å². The third-order valence-electron chi connectivity index (χ3n) is 3.40. The van der Waals surface area contributed by atoms with Gasteiger partial charge in [0.05, 0.1) is 30.9 Å². The van der Waals surface area contributed by atoms with E-state index in [1.54, 1.807) is 12.0 Å². The second-order valence-electron chi connectivity index (χ2n) is 4.70. The number of pyridine rings is 1. The van der Waals surface area contributed by atoms with Gasteiger partial charge in [-0.25, -0.2) is 4.79 Å². The number of ether oxygens (including phenoxy) is 2. The Kier molecular flexibility index (Phi) is 4.68. The number of rotatable bonds is 4. The lowest BCUT2D eigenvalue weighted by atomic mass is 10.1. The van der Waals surface area contributed by atoms with Crippen LogP contribution in [0.25, 0.3) is 0 Å². The average Bonchev–Trinajstić information content (AvgIpc) is 2.94. The van der Waals surface area contributed by atoms with Crippen LogP contribution in [0.4, 0.5) is 0 Å². The van der Waals surface area contributed by atoms with Gasteiger partial charge < -0.3 is 14.4 Å². The lowest BCUT2D eigenvalue weighted by molar-refractivity contribution is 0.0600. The predicted molar refractivity (Wildman–Crippen MR) is 71.5 cm³/mol. The third kappa shape index (κ3) is 2.96. The number of carbonyl (C=O) groups is 2. The monoisotopic (exact) mass is 278 g/mol. The molecule has 2 rings (SSSR count). The number of likely N-dealkylation sites (tertiary alicyclic amines) is 1. The van der Waals surface area contributed by atoms with Crippen molar-refractivity contribution < 1.29 is 19.1 Å². The highest BCUT2D eigenvalue weighted by Gasteiger charge is 2.29. The second-order valence-corrected chi connectivity index (χ2v) is 4.70. The molecule has 1 saturated heterocycles. The smallest absolute Gasteiger partial charge is 0.339 e. The van der Waals surface area contributed by atoms with Gasteiger partial charge in [0.1, 0.15) is 0 Å². The number of hydrogen-bond acceptors (Lipinski definition) is 5. The van der Waals surface area contributed by atoms with Crippen LogP contribution >= 0.6 is 0 Å². The van der Waals surface area contributed by atoms with Crippen molar-refractivity contribution in [3.63, 3.8) is 0 Å². The summed E-state index contributed by atoms with van der Waals surface area (Å²) in [7, 11) is 2.92. The zero-order valence-electron chi connectivity index (χ0n) is 11.7. The van der Waals surface area contributed by atoms with E-state index in [-0.39, 0.29) is 17.5 Å². The molecule has 0 radical (unpaired) electrons. The molecule has 0 aliphatic carbocycles. The minimum Gasteiger partial charge on any atom is -0.465 e. The van der Waals surface area contributed by atoms with E-state index in [0.29, 0.717) is 18.7 Å². The van der Waals surface area contributed by atoms with Crippen molar-refractivity contribution in [1.82, 2.24) is 9.88 Å². The maximum atomic E-state index is 12.5. The van der Waals surface area contributed by atoms with Gasteiger partial charge in [-0.2, -0.15) is 0 Å². The zero-order chi connectivity index (χ0) is 14.5. The fourth-order valence-corrected chi connectivity index (χ4v) is 2.42. The van der Waals surface area contributed by atoms with Gasteiger partial charge in [-0.1, -0.05) is 0 Å². The van der Waals surface area contributed by atoms with Crippen LogP contribution in [-0.4, -0.2) is 55.2 Å². The van der Waals surface area contributed by atoms with Gasteiger partial charge in [-0.3, -0.25) is 9.78 Å². The van der Waals surface area contributed by atoms with E-state index in [9.17, 15) is 9.59 Å². The van der Waals surface area contributed by atoms with Gasteiger partial charge >= 0.3 is 5.97 Å². The summed E-state index contributed by atoms with van der Waals surface area (Å²) in [6.07, 6.45) is 4.75. The fraction of sp³-hybridized carbons (Fsp3) is 0.500. The SMILES string of the molecule is COC[C@H]1CCCN1C(=O)c1cncc(C(=O)OC)c1. The number of hydrogen-bond donors (Lipinski definition) is 0. The molecule has 1 atom stereocenters. The third-order valence-corrected chi connectivity index (χ3v) is 3.40. The van der Waals surface area contributed by atoms with Crippen LogP contribution in [0.2, 0.25) is 0 Å². The molecule has 108 valence electrons. The second kappa shape index (κ2) is 6.47. The Bertz CT molecular complexity index is 504. The van der Waals surface area contributed by atoms with E-state index in [0.717, 1.165) is 12.8 Å². The molecule has 20 heavy (non-hydrogen) atoms. The highest BCUT2D eigenvalue weighted by Crippen LogP contribution is 2.20. The lowest BCUT2D eigenvalue weighted by Gasteiger charge is -2.24. The summed E-state index contributed by atoms with van der Waals surface area (Å²) < 4.78 is 9.77. The molecule has 6 heteroatoms. The molecule has 1 aliphatic rings. The summed E-state index contributed by atoms with van der Waals surface area (Å²) in [5.41, 5.74) is 0.678. The molecule has 1 aromatic heterocycles. The van der Waals surface area contributed by atoms with Crippen LogP contribution in [0.1, 0.15) is 33.6 Å². The zero-order valence-corrected chi connectivity index (χ0v) is 11.7. The van der Waals surface area contributed by atoms with Crippen molar-refractivity contribution in [2.75, 3.05) is 27.4 Å². The largest absolute Gasteiger partial charge is 0.465 e. The van der Waals surface area contributed by atoms with E-state index in [2.05, 4.69) is 9.72 Å². The summed E-state index contributed by atoms with van der Waals surface area (Å²) in [4.78, 5) is 29.7. The van der Waals surface area contributed by atoms with Gasteiger partial charge in [0, 0.05) is 26.0 Å². The molecule has 2 heterocycles. The van der Waals surface area contributed by atoms with Crippen LogP contribution in [-0.2, 0) is 9.47 Å². The molecule has 0 spiro atoms. The Morgan fingerprint density at radius 1 is 1.35 bits per heavy atom. The standard InChI is InChI=1S/C14H18N2O4/c1-19-9-12-4-3-5-16(12)13(17)10-6-11(8-15-7-10)14(18)20-2/h6-8,12H,3-5,9H2,1-2H3/t12-/m1/s1. The first-order chi connectivity index (χ1) is 9.67. The Labute approximate surface area is 117 Å². The van der Waals surface area contributed by atoms with Crippen LogP contribution in [0, 0.1) is 0 Å². The molecule has 0 saturated carbocycles. The maximum Gasteiger partial charge on any atom is 0.339 e. The topological polar surface area (TPSA) is 68.7 Å². The maximum absolute atomic E-state index is 12.5. The number of amides is 1. The van der Waals surface area contributed by atoms with E-state index in [1.165, 1.54) is 25.6 Å². The molecule has 1 aliphatic heterocycles. The van der Waals surface area contributed by atoms with E-state index in [1.807, 2.05) is 0 Å². The molecule has 1 aromatic rings. The fourth-order valence-electron chi connectivity index (χ4n) is 2.42. The number of esters is 1. The molecular formula is C14H18N2O4. The molecule has 0 N–H and O–H groups in total. The van der Waals surface area contributed by atoms with Crippen molar-refractivity contribution in [3.8, 4) is 0 Å². The number of methoxy groups -OCH3 is 2. The van der Waals surface area contributed by atoms with Crippen LogP contribution in [0.3, 0.4) is 0 Å². The Balaban J connectivity index is 2.18. The minimum atomic E-state index is -0.498. The number of nitrogens with zero attached hydrogens (tertiary/aromatic N) is 2. The molecule has 1 fully saturated rings. The Morgan fingerprint density at radius 2 is 2.10 bits per heavy atom. The van der Waals surface area contributed by atoms with Gasteiger partial charge in [0.2, 0.25) is 0 Å². The Hall–Kier alpha value is -1.95. The van der Waals surface area contributed by atoms with Gasteiger partial charge in [-0.05, 0) is 18.9 Å². The number of carbonyl (C=O) groups excluding carboxylic acids is 2. The van der Waals surface area contributed by atoms with E-state index >= 15 is 0 Å². The predicted octanol–water partition coefficient (Wildman–Crippen LogP) is 1.12. The van der Waals surface area contributed by atoms with Crippen LogP contribution in [0.15, 0.2) is 18.5 Å². The summed E-state index contributed by atoms with van der Waals surface area (Å²) in [5, 5.41) is 0. The van der Waals surface area contributed by atoms with Crippen molar-refractivity contribution in [2.45, 2.75) is 18.9 Å². The highest BCUT2D eigenvalue weighted by atomic mass is 16.5. The molecular weight excluding hydrogens is 260 g/mol. The highest BCUT2D eigenvalue weighted by molar-refractivity contribution is 5.97. The van der Waals surface area contributed by atoms with Gasteiger partial charge in [0.15, 0.2) is 0 Å². The molecule has 0 bridgehead atoms. The molecule has 0 unspecified atom stereocenters. The normalized spacial score (nSPS) is 18.1. The van der Waals surface area contributed by atoms with E-state index < -0.39 is 5.97 Å². The molecule has 0 aromatic carbocycles. The van der Waals surface area contributed by atoms with Gasteiger partial charge in [-0.15, -0.1) is 0 Å². The first kappa shape index (κ1) is 14.5. The first-order valence-corrected chi connectivity index (χ1v) is 6.50.